The average molecular weight is 333 g/mol. The minimum atomic E-state index is -0.252. The normalized spacial score (nSPS) is 19.8. The third kappa shape index (κ3) is 5.26. The summed E-state index contributed by atoms with van der Waals surface area (Å²) in [6.45, 7) is 8.04. The molecule has 0 aliphatic carbocycles. The number of aromatic nitrogens is 2. The van der Waals surface area contributed by atoms with E-state index in [0.717, 1.165) is 25.9 Å². The average Bonchev–Trinajstić information content (AvgIpc) is 2.60. The van der Waals surface area contributed by atoms with E-state index in [4.69, 9.17) is 0 Å². The molecule has 7 nitrogen and oxygen atoms in total. The lowest BCUT2D eigenvalue weighted by atomic mass is 9.96. The Morgan fingerprint density at radius 2 is 1.96 bits per heavy atom. The Balaban J connectivity index is 1.84. The van der Waals surface area contributed by atoms with Crippen LogP contribution in [-0.2, 0) is 9.59 Å². The lowest BCUT2D eigenvalue weighted by molar-refractivity contribution is -0.125. The van der Waals surface area contributed by atoms with Crippen LogP contribution >= 0.6 is 0 Å². The molecule has 7 heteroatoms. The molecule has 1 aromatic heterocycles. The van der Waals surface area contributed by atoms with E-state index in [9.17, 15) is 9.59 Å². The molecule has 1 aliphatic rings. The van der Waals surface area contributed by atoms with E-state index < -0.39 is 0 Å². The van der Waals surface area contributed by atoms with Crippen LogP contribution in [-0.4, -0.2) is 52.4 Å². The molecule has 1 aliphatic heterocycles. The highest BCUT2D eigenvalue weighted by Crippen LogP contribution is 2.18. The summed E-state index contributed by atoms with van der Waals surface area (Å²) in [5, 5.41) is 5.74. The lowest BCUT2D eigenvalue weighted by Crippen LogP contribution is -2.49. The molecule has 2 rings (SSSR count). The number of amides is 2. The van der Waals surface area contributed by atoms with Crippen molar-refractivity contribution >= 4 is 17.8 Å². The first-order chi connectivity index (χ1) is 11.5. The third-order valence-corrected chi connectivity index (χ3v) is 4.37. The van der Waals surface area contributed by atoms with Gasteiger partial charge in [0, 0.05) is 31.4 Å². The van der Waals surface area contributed by atoms with Gasteiger partial charge in [0.15, 0.2) is 0 Å². The van der Waals surface area contributed by atoms with Gasteiger partial charge in [0.2, 0.25) is 17.8 Å². The fraction of sp³-hybridized carbons (Fsp3) is 0.647. The highest BCUT2D eigenvalue weighted by molar-refractivity contribution is 5.93. The van der Waals surface area contributed by atoms with E-state index >= 15 is 0 Å². The van der Waals surface area contributed by atoms with E-state index in [1.165, 1.54) is 0 Å². The van der Waals surface area contributed by atoms with Crippen LogP contribution in [0, 0.1) is 11.8 Å². The number of anilines is 1. The van der Waals surface area contributed by atoms with Gasteiger partial charge in [0.25, 0.3) is 0 Å². The first kappa shape index (κ1) is 18.3. The summed E-state index contributed by atoms with van der Waals surface area (Å²) in [7, 11) is 0. The van der Waals surface area contributed by atoms with E-state index in [-0.39, 0.29) is 23.8 Å². The van der Waals surface area contributed by atoms with Crippen molar-refractivity contribution in [3.63, 3.8) is 0 Å². The molecule has 24 heavy (non-hydrogen) atoms. The maximum absolute atomic E-state index is 12.4. The zero-order valence-electron chi connectivity index (χ0n) is 14.7. The van der Waals surface area contributed by atoms with Crippen molar-refractivity contribution in [1.82, 2.24) is 20.2 Å². The minimum Gasteiger partial charge on any atom is -0.356 e. The van der Waals surface area contributed by atoms with Gasteiger partial charge < -0.3 is 5.32 Å². The predicted octanol–water partition coefficient (Wildman–Crippen LogP) is 1.29. The van der Waals surface area contributed by atoms with Crippen LogP contribution in [0.1, 0.15) is 33.6 Å². The summed E-state index contributed by atoms with van der Waals surface area (Å²) in [6.07, 6.45) is 5.30. The Bertz CT molecular complexity index is 549. The SMILES string of the molecule is CC(C)C(=O)NCC1CCCN(C(C)C(=O)Nc2ncccn2)C1. The molecule has 132 valence electrons. The van der Waals surface area contributed by atoms with E-state index in [1.807, 2.05) is 20.8 Å². The van der Waals surface area contributed by atoms with Crippen LogP contribution in [0.2, 0.25) is 0 Å². The molecule has 0 bridgehead atoms. The van der Waals surface area contributed by atoms with Crippen LogP contribution in [0.3, 0.4) is 0 Å². The van der Waals surface area contributed by atoms with Gasteiger partial charge in [-0.25, -0.2) is 9.97 Å². The molecular weight excluding hydrogens is 306 g/mol. The Kier molecular flexibility index (Phi) is 6.66. The van der Waals surface area contributed by atoms with E-state index in [0.29, 0.717) is 18.4 Å². The molecule has 2 unspecified atom stereocenters. The highest BCUT2D eigenvalue weighted by Gasteiger charge is 2.28. The second-order valence-electron chi connectivity index (χ2n) is 6.64. The largest absolute Gasteiger partial charge is 0.356 e. The molecule has 2 atom stereocenters. The van der Waals surface area contributed by atoms with Gasteiger partial charge in [0.1, 0.15) is 0 Å². The summed E-state index contributed by atoms with van der Waals surface area (Å²) in [4.78, 5) is 34.3. The van der Waals surface area contributed by atoms with Gasteiger partial charge in [-0.2, -0.15) is 0 Å². The van der Waals surface area contributed by atoms with Crippen LogP contribution < -0.4 is 10.6 Å². The number of nitrogens with one attached hydrogen (secondary N) is 2. The molecule has 2 N–H and O–H groups in total. The van der Waals surface area contributed by atoms with Crippen LogP contribution in [0.25, 0.3) is 0 Å². The Hall–Kier alpha value is -2.02. The first-order valence-electron chi connectivity index (χ1n) is 8.57. The Labute approximate surface area is 143 Å². The molecule has 1 saturated heterocycles. The predicted molar refractivity (Wildman–Crippen MR) is 92.3 cm³/mol. The van der Waals surface area contributed by atoms with Gasteiger partial charge in [-0.05, 0) is 38.3 Å². The maximum Gasteiger partial charge on any atom is 0.243 e. The molecule has 2 amide bonds. The number of carbonyl (C=O) groups excluding carboxylic acids is 2. The number of rotatable bonds is 6. The number of hydrogen-bond acceptors (Lipinski definition) is 5. The van der Waals surface area contributed by atoms with Gasteiger partial charge >= 0.3 is 0 Å². The monoisotopic (exact) mass is 333 g/mol. The molecule has 1 fully saturated rings. The minimum absolute atomic E-state index is 0.000248. The van der Waals surface area contributed by atoms with Gasteiger partial charge in [-0.15, -0.1) is 0 Å². The molecular formula is C17H27N5O2. The fourth-order valence-corrected chi connectivity index (χ4v) is 2.81. The van der Waals surface area contributed by atoms with Gasteiger partial charge in [-0.1, -0.05) is 13.8 Å². The number of hydrogen-bond donors (Lipinski definition) is 2. The summed E-state index contributed by atoms with van der Waals surface area (Å²) >= 11 is 0. The second kappa shape index (κ2) is 8.73. The standard InChI is InChI=1S/C17H27N5O2/c1-12(2)15(23)20-10-14-6-4-9-22(11-14)13(3)16(24)21-17-18-7-5-8-19-17/h5,7-8,12-14H,4,6,9-11H2,1-3H3,(H,20,23)(H,18,19,21,24). The molecule has 2 heterocycles. The van der Waals surface area contributed by atoms with Crippen molar-refractivity contribution in [3.05, 3.63) is 18.5 Å². The van der Waals surface area contributed by atoms with Gasteiger partial charge in [0.05, 0.1) is 6.04 Å². The molecule has 1 aromatic rings. The van der Waals surface area contributed by atoms with Crippen molar-refractivity contribution in [2.45, 2.75) is 39.7 Å². The topological polar surface area (TPSA) is 87.2 Å². The van der Waals surface area contributed by atoms with Crippen molar-refractivity contribution in [2.24, 2.45) is 11.8 Å². The quantitative estimate of drug-likeness (QED) is 0.819. The maximum atomic E-state index is 12.4. The number of piperidine rings is 1. The second-order valence-corrected chi connectivity index (χ2v) is 6.64. The van der Waals surface area contributed by atoms with E-state index in [1.54, 1.807) is 18.5 Å². The van der Waals surface area contributed by atoms with Crippen LogP contribution in [0.4, 0.5) is 5.95 Å². The number of nitrogens with zero attached hydrogens (tertiary/aromatic N) is 3. The summed E-state index contributed by atoms with van der Waals surface area (Å²) in [6, 6.07) is 1.46. The molecule has 0 saturated carbocycles. The highest BCUT2D eigenvalue weighted by atomic mass is 16.2. The fourth-order valence-electron chi connectivity index (χ4n) is 2.81. The number of likely N-dealkylation sites (tertiary alicyclic amines) is 1. The van der Waals surface area contributed by atoms with Crippen LogP contribution in [0.5, 0.6) is 0 Å². The van der Waals surface area contributed by atoms with Crippen molar-refractivity contribution < 1.29 is 9.59 Å². The Morgan fingerprint density at radius 1 is 1.25 bits per heavy atom. The lowest BCUT2D eigenvalue weighted by Gasteiger charge is -2.36. The zero-order chi connectivity index (χ0) is 17.5. The first-order valence-corrected chi connectivity index (χ1v) is 8.57. The van der Waals surface area contributed by atoms with Gasteiger partial charge in [-0.3, -0.25) is 19.8 Å². The zero-order valence-corrected chi connectivity index (χ0v) is 14.7. The van der Waals surface area contributed by atoms with Crippen molar-refractivity contribution in [3.8, 4) is 0 Å². The molecule has 0 aromatic carbocycles. The summed E-state index contributed by atoms with van der Waals surface area (Å²) in [5.41, 5.74) is 0. The smallest absolute Gasteiger partial charge is 0.243 e. The molecule has 0 spiro atoms. The van der Waals surface area contributed by atoms with Crippen molar-refractivity contribution in [1.29, 1.82) is 0 Å². The third-order valence-electron chi connectivity index (χ3n) is 4.37. The van der Waals surface area contributed by atoms with Crippen LogP contribution in [0.15, 0.2) is 18.5 Å². The molecule has 0 radical (unpaired) electrons. The summed E-state index contributed by atoms with van der Waals surface area (Å²) < 4.78 is 0. The summed E-state index contributed by atoms with van der Waals surface area (Å²) in [5.74, 6) is 0.684. The van der Waals surface area contributed by atoms with Crippen molar-refractivity contribution in [2.75, 3.05) is 25.0 Å². The Morgan fingerprint density at radius 3 is 2.62 bits per heavy atom. The van der Waals surface area contributed by atoms with E-state index in [2.05, 4.69) is 25.5 Å². The number of carbonyl (C=O) groups is 2.